The van der Waals surface area contributed by atoms with E-state index in [0.717, 1.165) is 38.9 Å². The molecule has 1 fully saturated rings. The number of nitrogens with one attached hydrogen (secondary N) is 5. The largest absolute Gasteiger partial charge is 0.458 e. The molecule has 5 N–H and O–H groups in total. The lowest BCUT2D eigenvalue weighted by Crippen LogP contribution is -2.58. The molecule has 11 aromatic rings. The number of aromatic amines is 1. The maximum Gasteiger partial charge on any atom is 0.419 e. The molecule has 3 heterocycles. The Labute approximate surface area is 663 Å². The van der Waals surface area contributed by atoms with Crippen molar-refractivity contribution in [3.8, 4) is 0 Å². The number of esters is 1. The van der Waals surface area contributed by atoms with Gasteiger partial charge in [-0.25, -0.2) is 9.59 Å². The van der Waals surface area contributed by atoms with Crippen molar-refractivity contribution in [2.45, 2.75) is 172 Å². The zero-order valence-electron chi connectivity index (χ0n) is 65.1. The van der Waals surface area contributed by atoms with Gasteiger partial charge in [0.05, 0.1) is 44.2 Å². The number of carbonyl (C=O) groups excluding carboxylic acids is 6. The Kier molecular flexibility index (Phi) is 27.2. The second kappa shape index (κ2) is 38.0. The highest BCUT2D eigenvalue weighted by Gasteiger charge is 2.51. The molecule has 588 valence electrons. The second-order valence-corrected chi connectivity index (χ2v) is 30.4. The van der Waals surface area contributed by atoms with Gasteiger partial charge in [-0.05, 0) is 129 Å². The first-order valence-corrected chi connectivity index (χ1v) is 38.4. The molecule has 1 saturated heterocycles. The number of azide groups is 1. The Morgan fingerprint density at radius 2 is 0.982 bits per heavy atom. The van der Waals surface area contributed by atoms with Crippen LogP contribution in [0.3, 0.4) is 0 Å². The van der Waals surface area contributed by atoms with Crippen LogP contribution >= 0.6 is 0 Å². The highest BCUT2D eigenvalue weighted by Crippen LogP contribution is 2.43. The van der Waals surface area contributed by atoms with E-state index in [2.05, 4.69) is 36.3 Å². The number of hydrogen-bond acceptors (Lipinski definition) is 14. The van der Waals surface area contributed by atoms with Gasteiger partial charge in [0.25, 0.3) is 0 Å². The minimum absolute atomic E-state index is 0.0434. The first-order chi connectivity index (χ1) is 55.1. The molecule has 12 rings (SSSR count). The molecule has 1 aliphatic rings. The zero-order chi connectivity index (χ0) is 80.2. The number of carbonyl (C=O) groups is 6. The summed E-state index contributed by atoms with van der Waals surface area (Å²) in [5.74, 6) is -3.96. The van der Waals surface area contributed by atoms with E-state index in [-0.39, 0.29) is 58.7 Å². The molecule has 114 heavy (non-hydrogen) atoms. The van der Waals surface area contributed by atoms with E-state index in [1.165, 1.54) is 11.5 Å². The number of H-pyrrole nitrogens is 1. The molecule has 0 saturated carbocycles. The Bertz CT molecular complexity index is 4980. The van der Waals surface area contributed by atoms with Gasteiger partial charge in [0.1, 0.15) is 71.4 Å². The summed E-state index contributed by atoms with van der Waals surface area (Å²) in [4.78, 5) is 96.4. The van der Waals surface area contributed by atoms with Crippen molar-refractivity contribution in [1.29, 1.82) is 0 Å². The van der Waals surface area contributed by atoms with Crippen LogP contribution in [0.4, 0.5) is 4.79 Å². The number of fused-ring (bicyclic) bond motifs is 2. The summed E-state index contributed by atoms with van der Waals surface area (Å²) in [6, 6.07) is 76.1. The number of aromatic nitrogens is 2. The number of nitrogens with zero attached hydrogens (tertiary/aromatic N) is 4. The third-order valence-electron chi connectivity index (χ3n) is 19.7. The first-order valence-electron chi connectivity index (χ1n) is 38.4. The lowest BCUT2D eigenvalue weighted by Gasteiger charge is -2.46. The Balaban J connectivity index is 0.867. The molecule has 4 amide bonds. The van der Waals surface area contributed by atoms with Gasteiger partial charge in [0.15, 0.2) is 0 Å². The van der Waals surface area contributed by atoms with E-state index in [1.807, 2.05) is 237 Å². The summed E-state index contributed by atoms with van der Waals surface area (Å²) in [6.07, 6.45) is -4.71. The van der Waals surface area contributed by atoms with Crippen molar-refractivity contribution < 1.29 is 61.9 Å². The average molecular weight is 1540 g/mol. The van der Waals surface area contributed by atoms with Crippen LogP contribution in [-0.4, -0.2) is 112 Å². The summed E-state index contributed by atoms with van der Waals surface area (Å²) in [7, 11) is 0. The number of rotatable bonds is 33. The molecule has 0 spiro atoms. The van der Waals surface area contributed by atoms with Crippen LogP contribution in [0, 0.1) is 0 Å². The molecule has 0 bridgehead atoms. The fourth-order valence-electron chi connectivity index (χ4n) is 14.3. The minimum Gasteiger partial charge on any atom is -0.458 e. The number of para-hydroxylation sites is 2. The number of amides is 4. The number of benzene rings is 9. The molecule has 1 aliphatic heterocycles. The monoisotopic (exact) mass is 1540 g/mol. The van der Waals surface area contributed by atoms with Gasteiger partial charge in [-0.15, -0.1) is 0 Å². The zero-order valence-corrected chi connectivity index (χ0v) is 65.1. The van der Waals surface area contributed by atoms with Crippen molar-refractivity contribution >= 4 is 57.5 Å². The molecular weight excluding hydrogens is 1440 g/mol. The molecule has 22 heteroatoms. The summed E-state index contributed by atoms with van der Waals surface area (Å²) < 4.78 is 48.4. The third-order valence-corrected chi connectivity index (χ3v) is 19.7. The van der Waals surface area contributed by atoms with E-state index in [1.54, 1.807) is 72.0 Å². The van der Waals surface area contributed by atoms with E-state index in [4.69, 9.17) is 33.2 Å². The molecular formula is C92H97N9O13. The van der Waals surface area contributed by atoms with Crippen LogP contribution in [0.25, 0.3) is 32.2 Å². The SMILES string of the molecule is C[C@H](NC(=O)[C@H](Cc1c([C@@H]2O[C@@H](COCc3ccccc3)[C@H](OCc3ccccc3)[C@@H](OCc3ccccc3)[C@H]2OCc2ccccc2)[nH]c2ccccc12)N=[N+]=[N-])C(=O)N[C@@H](CCC(=O)NC(c1ccccc1)(c1ccccc1)c1ccccc1)C(=O)N[C@@H](Cc1cn(C(=O)OC(C)(C)C)c2ccccc12)C(=O)OC(C)(C)C. The third kappa shape index (κ3) is 21.0. The van der Waals surface area contributed by atoms with Crippen LogP contribution in [0.1, 0.15) is 123 Å². The van der Waals surface area contributed by atoms with Gasteiger partial charge in [-0.1, -0.05) is 254 Å². The highest BCUT2D eigenvalue weighted by atomic mass is 16.6. The Hall–Kier alpha value is -12.0. The standard InChI is InChI=1S/C92H97N9O13/c1-61(85(103)96-74(51-52-79(102)98-92(67-41-23-12-24-42-67,68-43-25-13-26-44-68)69-45-27-14-28-46-69)86(104)97-76(88(106)113-90(2,3)4)53-66-55-101(89(107)114-91(5,6)7)77-50-32-30-47-70(66)77)94-87(105)75(99-100-93)54-72-71-48-29-31-49-73(71)95-80(72)82-84(111-59-65-39-21-11-22-40-65)83(110-58-64-37-19-10-20-38-64)81(109-57-63-35-17-9-18-36-63)78(112-82)60-108-56-62-33-15-8-16-34-62/h8-50,55,61,74-76,78,81-84,95H,51-54,56-60H2,1-7H3,(H,94,105)(H,96,103)(H,97,104)(H,98,102)/t61-,74-,75-,76-,78-,81-,82-,83+,84-/m0/s1. The van der Waals surface area contributed by atoms with Crippen molar-refractivity contribution in [3.05, 3.63) is 333 Å². The summed E-state index contributed by atoms with van der Waals surface area (Å²) in [6.45, 7) is 12.5. The van der Waals surface area contributed by atoms with Crippen molar-refractivity contribution in [2.75, 3.05) is 6.61 Å². The normalized spacial score (nSPS) is 16.8. The molecule has 0 radical (unpaired) electrons. The van der Waals surface area contributed by atoms with Crippen molar-refractivity contribution in [3.63, 3.8) is 0 Å². The predicted octanol–water partition coefficient (Wildman–Crippen LogP) is 15.5. The molecule has 0 aliphatic carbocycles. The Morgan fingerprint density at radius 1 is 0.518 bits per heavy atom. The summed E-state index contributed by atoms with van der Waals surface area (Å²) in [5, 5.41) is 17.2. The van der Waals surface area contributed by atoms with E-state index >= 15 is 19.2 Å². The smallest absolute Gasteiger partial charge is 0.419 e. The lowest BCUT2D eigenvalue weighted by molar-refractivity contribution is -0.275. The topological polar surface area (TPSA) is 285 Å². The minimum atomic E-state index is -1.58. The van der Waals surface area contributed by atoms with Crippen molar-refractivity contribution in [2.24, 2.45) is 5.11 Å². The molecule has 9 atom stereocenters. The number of hydrogen-bond donors (Lipinski definition) is 5. The van der Waals surface area contributed by atoms with E-state index in [0.29, 0.717) is 38.6 Å². The summed E-state index contributed by atoms with van der Waals surface area (Å²) >= 11 is 0. The average Bonchev–Trinajstić information content (AvgIpc) is 1.13. The van der Waals surface area contributed by atoms with Crippen LogP contribution < -0.4 is 21.3 Å². The Morgan fingerprint density at radius 3 is 1.51 bits per heavy atom. The van der Waals surface area contributed by atoms with Gasteiger partial charge in [0, 0.05) is 40.2 Å². The van der Waals surface area contributed by atoms with Crippen LogP contribution in [0.5, 0.6) is 0 Å². The molecule has 22 nitrogen and oxygen atoms in total. The highest BCUT2D eigenvalue weighted by molar-refractivity contribution is 5.96. The first kappa shape index (κ1) is 81.5. The lowest BCUT2D eigenvalue weighted by atomic mass is 9.77. The fraction of sp³-hybridized carbons (Fsp3) is 0.304. The molecule has 0 unspecified atom stereocenters. The van der Waals surface area contributed by atoms with Crippen LogP contribution in [0.15, 0.2) is 272 Å². The fourth-order valence-corrected chi connectivity index (χ4v) is 14.3. The van der Waals surface area contributed by atoms with Crippen molar-refractivity contribution in [1.82, 2.24) is 30.8 Å². The predicted molar refractivity (Wildman–Crippen MR) is 435 cm³/mol. The van der Waals surface area contributed by atoms with Crippen LogP contribution in [-0.2, 0) is 102 Å². The molecule has 2 aromatic heterocycles. The summed E-state index contributed by atoms with van der Waals surface area (Å²) in [5.41, 5.74) is 15.8. The van der Waals surface area contributed by atoms with Gasteiger partial charge in [-0.2, -0.15) is 0 Å². The van der Waals surface area contributed by atoms with Gasteiger partial charge >= 0.3 is 12.1 Å². The quantitative estimate of drug-likeness (QED) is 0.00842. The van der Waals surface area contributed by atoms with Gasteiger partial charge in [-0.3, -0.25) is 23.7 Å². The van der Waals surface area contributed by atoms with E-state index in [9.17, 15) is 15.1 Å². The maximum absolute atomic E-state index is 15.5. The second-order valence-electron chi connectivity index (χ2n) is 30.4. The van der Waals surface area contributed by atoms with Crippen LogP contribution in [0.2, 0.25) is 0 Å². The number of ether oxygens (including phenoxy) is 7. The van der Waals surface area contributed by atoms with Gasteiger partial charge in [0.2, 0.25) is 23.6 Å². The van der Waals surface area contributed by atoms with E-state index < -0.39 is 107 Å². The molecule has 9 aromatic carbocycles. The maximum atomic E-state index is 15.5. The van der Waals surface area contributed by atoms with Gasteiger partial charge < -0.3 is 59.4 Å².